The van der Waals surface area contributed by atoms with Crippen LogP contribution in [-0.4, -0.2) is 48.9 Å². The molecule has 10 heteroatoms. The van der Waals surface area contributed by atoms with E-state index in [9.17, 15) is 18.3 Å². The minimum Gasteiger partial charge on any atom is -0.387 e. The second-order valence-corrected chi connectivity index (χ2v) is 9.52. The highest BCUT2D eigenvalue weighted by molar-refractivity contribution is 7.88. The van der Waals surface area contributed by atoms with Gasteiger partial charge in [0.05, 0.1) is 29.6 Å². The SMILES string of the molecule is CNC(=O)c1cnn2cccc(-c3c(C(O)CNS(C)(=O)=O)ccc(F)c3C3CC3)c12. The molecular formula is C21H23FN4O4S. The van der Waals surface area contributed by atoms with E-state index in [1.165, 1.54) is 29.9 Å². The minimum absolute atomic E-state index is 0.00311. The number of carbonyl (C=O) groups is 1. The van der Waals surface area contributed by atoms with Crippen molar-refractivity contribution in [2.24, 2.45) is 0 Å². The Morgan fingerprint density at radius 1 is 1.35 bits per heavy atom. The van der Waals surface area contributed by atoms with Crippen LogP contribution >= 0.6 is 0 Å². The summed E-state index contributed by atoms with van der Waals surface area (Å²) in [4.78, 5) is 12.4. The van der Waals surface area contributed by atoms with Crippen molar-refractivity contribution in [2.45, 2.75) is 24.9 Å². The van der Waals surface area contributed by atoms with Crippen LogP contribution in [0, 0.1) is 5.82 Å². The number of fused-ring (bicyclic) bond motifs is 1. The van der Waals surface area contributed by atoms with Gasteiger partial charge in [-0.3, -0.25) is 4.79 Å². The van der Waals surface area contributed by atoms with Crippen LogP contribution < -0.4 is 10.0 Å². The number of amides is 1. The summed E-state index contributed by atoms with van der Waals surface area (Å²) in [5, 5.41) is 17.7. The van der Waals surface area contributed by atoms with Crippen LogP contribution in [0.1, 0.15) is 46.3 Å². The summed E-state index contributed by atoms with van der Waals surface area (Å²) in [6, 6.07) is 6.25. The maximum atomic E-state index is 15.0. The molecule has 3 N–H and O–H groups in total. The molecule has 164 valence electrons. The van der Waals surface area contributed by atoms with E-state index in [2.05, 4.69) is 15.1 Å². The molecule has 31 heavy (non-hydrogen) atoms. The maximum Gasteiger partial charge on any atom is 0.254 e. The van der Waals surface area contributed by atoms with Crippen molar-refractivity contribution in [2.75, 3.05) is 19.8 Å². The van der Waals surface area contributed by atoms with E-state index >= 15 is 4.39 Å². The monoisotopic (exact) mass is 446 g/mol. The van der Waals surface area contributed by atoms with Gasteiger partial charge < -0.3 is 10.4 Å². The molecule has 1 aromatic carbocycles. The van der Waals surface area contributed by atoms with Gasteiger partial charge in [0.1, 0.15) is 5.82 Å². The number of aliphatic hydroxyl groups excluding tert-OH is 1. The van der Waals surface area contributed by atoms with Crippen LogP contribution in [0.2, 0.25) is 0 Å². The van der Waals surface area contributed by atoms with Crippen molar-refractivity contribution in [3.8, 4) is 11.1 Å². The highest BCUT2D eigenvalue weighted by Gasteiger charge is 2.33. The smallest absolute Gasteiger partial charge is 0.254 e. The summed E-state index contributed by atoms with van der Waals surface area (Å²) >= 11 is 0. The Kier molecular flexibility index (Phi) is 5.54. The van der Waals surface area contributed by atoms with Crippen LogP contribution in [0.25, 0.3) is 16.6 Å². The minimum atomic E-state index is -3.53. The Labute approximate surface area is 179 Å². The summed E-state index contributed by atoms with van der Waals surface area (Å²) in [6.07, 6.45) is 4.54. The van der Waals surface area contributed by atoms with Gasteiger partial charge >= 0.3 is 0 Å². The van der Waals surface area contributed by atoms with Crippen molar-refractivity contribution in [1.82, 2.24) is 19.7 Å². The van der Waals surface area contributed by atoms with E-state index in [0.29, 0.717) is 33.3 Å². The summed E-state index contributed by atoms with van der Waals surface area (Å²) in [5.41, 5.74) is 2.68. The Morgan fingerprint density at radius 2 is 2.10 bits per heavy atom. The maximum absolute atomic E-state index is 15.0. The van der Waals surface area contributed by atoms with Crippen LogP contribution in [0.3, 0.4) is 0 Å². The first kappa shape index (κ1) is 21.4. The molecule has 0 saturated heterocycles. The highest BCUT2D eigenvalue weighted by atomic mass is 32.2. The quantitative estimate of drug-likeness (QED) is 0.514. The molecule has 0 aliphatic heterocycles. The third-order valence-corrected chi connectivity index (χ3v) is 6.08. The lowest BCUT2D eigenvalue weighted by atomic mass is 9.88. The van der Waals surface area contributed by atoms with E-state index in [-0.39, 0.29) is 18.4 Å². The predicted molar refractivity (Wildman–Crippen MR) is 114 cm³/mol. The number of hydrogen-bond acceptors (Lipinski definition) is 5. The average molecular weight is 447 g/mol. The van der Waals surface area contributed by atoms with Crippen molar-refractivity contribution in [3.05, 3.63) is 59.2 Å². The molecule has 2 heterocycles. The number of nitrogens with one attached hydrogen (secondary N) is 2. The summed E-state index contributed by atoms with van der Waals surface area (Å²) in [7, 11) is -2.01. The molecule has 1 amide bonds. The number of aliphatic hydroxyl groups is 1. The summed E-state index contributed by atoms with van der Waals surface area (Å²) in [5.74, 6) is -0.739. The molecule has 1 aliphatic carbocycles. The molecule has 1 aliphatic rings. The molecule has 3 aromatic rings. The van der Waals surface area contributed by atoms with Crippen molar-refractivity contribution in [1.29, 1.82) is 0 Å². The number of hydrogen-bond donors (Lipinski definition) is 3. The van der Waals surface area contributed by atoms with Gasteiger partial charge in [0, 0.05) is 25.4 Å². The van der Waals surface area contributed by atoms with E-state index in [0.717, 1.165) is 19.1 Å². The second kappa shape index (κ2) is 8.03. The first-order chi connectivity index (χ1) is 14.7. The lowest BCUT2D eigenvalue weighted by Gasteiger charge is -2.21. The van der Waals surface area contributed by atoms with Gasteiger partial charge in [-0.1, -0.05) is 12.1 Å². The number of pyridine rings is 1. The molecule has 1 atom stereocenters. The standard InChI is InChI=1S/C21H23FN4O4S/c1-23-21(28)15-10-24-26-9-3-4-14(20(15)26)19-13(17(27)11-25-31(2,29)30)7-8-16(22)18(19)12-5-6-12/h3-4,7-10,12,17,25,27H,5-6,11H2,1-2H3,(H,23,28). The third kappa shape index (κ3) is 4.18. The Morgan fingerprint density at radius 3 is 2.74 bits per heavy atom. The highest BCUT2D eigenvalue weighted by Crippen LogP contribution is 2.48. The first-order valence-electron chi connectivity index (χ1n) is 9.85. The largest absolute Gasteiger partial charge is 0.387 e. The molecular weight excluding hydrogens is 423 g/mol. The molecule has 1 saturated carbocycles. The molecule has 0 radical (unpaired) electrons. The van der Waals surface area contributed by atoms with Crippen LogP contribution in [-0.2, 0) is 10.0 Å². The lowest BCUT2D eigenvalue weighted by molar-refractivity contribution is 0.0964. The van der Waals surface area contributed by atoms with Crippen molar-refractivity contribution >= 4 is 21.4 Å². The topological polar surface area (TPSA) is 113 Å². The number of aromatic nitrogens is 2. The molecule has 0 bridgehead atoms. The number of rotatable bonds is 7. The second-order valence-electron chi connectivity index (χ2n) is 7.69. The van der Waals surface area contributed by atoms with E-state index in [4.69, 9.17) is 0 Å². The van der Waals surface area contributed by atoms with Gasteiger partial charge in [-0.2, -0.15) is 5.10 Å². The van der Waals surface area contributed by atoms with E-state index in [1.807, 2.05) is 0 Å². The fourth-order valence-electron chi connectivity index (χ4n) is 3.85. The van der Waals surface area contributed by atoms with Gasteiger partial charge in [0.2, 0.25) is 10.0 Å². The molecule has 8 nitrogen and oxygen atoms in total. The molecule has 1 fully saturated rings. The predicted octanol–water partition coefficient (Wildman–Crippen LogP) is 1.96. The Hall–Kier alpha value is -2.82. The van der Waals surface area contributed by atoms with Gasteiger partial charge in [-0.05, 0) is 47.6 Å². The van der Waals surface area contributed by atoms with E-state index < -0.39 is 21.9 Å². The lowest BCUT2D eigenvalue weighted by Crippen LogP contribution is -2.27. The van der Waals surface area contributed by atoms with E-state index in [1.54, 1.807) is 18.3 Å². The molecule has 4 rings (SSSR count). The normalized spacial score (nSPS) is 15.2. The number of carbonyl (C=O) groups excluding carboxylic acids is 1. The fourth-order valence-corrected chi connectivity index (χ4v) is 4.31. The Balaban J connectivity index is 1.97. The van der Waals surface area contributed by atoms with Gasteiger partial charge in [-0.25, -0.2) is 22.0 Å². The zero-order valence-corrected chi connectivity index (χ0v) is 17.9. The molecule has 2 aromatic heterocycles. The zero-order chi connectivity index (χ0) is 22.3. The summed E-state index contributed by atoms with van der Waals surface area (Å²) < 4.78 is 41.9. The fraction of sp³-hybridized carbons (Fsp3) is 0.333. The summed E-state index contributed by atoms with van der Waals surface area (Å²) in [6.45, 7) is -0.258. The van der Waals surface area contributed by atoms with Crippen LogP contribution in [0.15, 0.2) is 36.7 Å². The van der Waals surface area contributed by atoms with Crippen molar-refractivity contribution in [3.63, 3.8) is 0 Å². The zero-order valence-electron chi connectivity index (χ0n) is 17.1. The average Bonchev–Trinajstić information content (AvgIpc) is 3.47. The first-order valence-corrected chi connectivity index (χ1v) is 11.7. The van der Waals surface area contributed by atoms with Crippen molar-refractivity contribution < 1.29 is 22.7 Å². The van der Waals surface area contributed by atoms with Crippen LogP contribution in [0.4, 0.5) is 4.39 Å². The number of sulfonamides is 1. The Bertz CT molecular complexity index is 1270. The third-order valence-electron chi connectivity index (χ3n) is 5.39. The van der Waals surface area contributed by atoms with Gasteiger partial charge in [-0.15, -0.1) is 0 Å². The molecule has 0 spiro atoms. The van der Waals surface area contributed by atoms with Gasteiger partial charge in [0.25, 0.3) is 5.91 Å². The number of benzene rings is 1. The molecule has 1 unspecified atom stereocenters. The van der Waals surface area contributed by atoms with Gasteiger partial charge in [0.15, 0.2) is 0 Å². The number of halogens is 1. The number of nitrogens with zero attached hydrogens (tertiary/aromatic N) is 2. The van der Waals surface area contributed by atoms with Crippen LogP contribution in [0.5, 0.6) is 0 Å².